The molecule has 0 saturated heterocycles. The maximum Gasteiger partial charge on any atom is 0.122 e. The molecule has 2 atom stereocenters. The molecule has 0 aliphatic rings. The minimum atomic E-state index is 0.0881. The summed E-state index contributed by atoms with van der Waals surface area (Å²) in [5.41, 5.74) is 11.2. The fourth-order valence-electron chi connectivity index (χ4n) is 2.72. The quantitative estimate of drug-likeness (QED) is 0.892. The molecule has 0 aliphatic carbocycles. The van der Waals surface area contributed by atoms with E-state index in [1.54, 1.807) is 7.11 Å². The fraction of sp³-hybridized carbons (Fsp3) is 0.600. The van der Waals surface area contributed by atoms with Crippen LogP contribution in [0.3, 0.4) is 0 Å². The fourth-order valence-corrected chi connectivity index (χ4v) is 2.72. The Kier molecular flexibility index (Phi) is 4.77. The van der Waals surface area contributed by atoms with Gasteiger partial charge in [-0.2, -0.15) is 0 Å². The second-order valence-electron chi connectivity index (χ2n) is 5.33. The van der Waals surface area contributed by atoms with Crippen LogP contribution in [0.4, 0.5) is 0 Å². The van der Waals surface area contributed by atoms with Crippen LogP contribution in [-0.2, 0) is 0 Å². The van der Waals surface area contributed by atoms with Crippen molar-refractivity contribution in [1.82, 2.24) is 4.90 Å². The van der Waals surface area contributed by atoms with Crippen molar-refractivity contribution in [1.29, 1.82) is 0 Å². The maximum absolute atomic E-state index is 6.16. The zero-order chi connectivity index (χ0) is 14.0. The molecule has 0 aromatic heterocycles. The Balaban J connectivity index is 3.44. The van der Waals surface area contributed by atoms with Crippen LogP contribution in [0.5, 0.6) is 5.75 Å². The molecule has 0 bridgehead atoms. The standard InChI is InChI=1S/C15H26N2O/c1-9-8-13(18-7)10(2)11(3)14(9)15(12(4)16)17(5)6/h8,12,15H,16H2,1-7H3. The largest absolute Gasteiger partial charge is 0.496 e. The first-order chi connectivity index (χ1) is 8.31. The van der Waals surface area contributed by atoms with Crippen molar-refractivity contribution < 1.29 is 4.74 Å². The van der Waals surface area contributed by atoms with Crippen LogP contribution in [0.2, 0.25) is 0 Å². The van der Waals surface area contributed by atoms with Gasteiger partial charge in [0.15, 0.2) is 0 Å². The van der Waals surface area contributed by atoms with Gasteiger partial charge in [0.05, 0.1) is 7.11 Å². The first-order valence-corrected chi connectivity index (χ1v) is 6.38. The Morgan fingerprint density at radius 2 is 1.72 bits per heavy atom. The molecule has 0 aliphatic heterocycles. The monoisotopic (exact) mass is 250 g/mol. The lowest BCUT2D eigenvalue weighted by Crippen LogP contribution is -2.36. The Hall–Kier alpha value is -1.06. The zero-order valence-corrected chi connectivity index (χ0v) is 12.7. The number of hydrogen-bond acceptors (Lipinski definition) is 3. The average molecular weight is 250 g/mol. The summed E-state index contributed by atoms with van der Waals surface area (Å²) >= 11 is 0. The van der Waals surface area contributed by atoms with Crippen LogP contribution in [0, 0.1) is 20.8 Å². The molecule has 2 unspecified atom stereocenters. The Morgan fingerprint density at radius 1 is 1.17 bits per heavy atom. The third-order valence-electron chi connectivity index (χ3n) is 3.68. The van der Waals surface area contributed by atoms with Gasteiger partial charge in [0.1, 0.15) is 5.75 Å². The highest BCUT2D eigenvalue weighted by atomic mass is 16.5. The lowest BCUT2D eigenvalue weighted by atomic mass is 9.88. The lowest BCUT2D eigenvalue weighted by molar-refractivity contribution is 0.264. The predicted molar refractivity (Wildman–Crippen MR) is 77.3 cm³/mol. The number of hydrogen-bond donors (Lipinski definition) is 1. The smallest absolute Gasteiger partial charge is 0.122 e. The van der Waals surface area contributed by atoms with Gasteiger partial charge in [0.25, 0.3) is 0 Å². The van der Waals surface area contributed by atoms with Crippen molar-refractivity contribution in [3.63, 3.8) is 0 Å². The van der Waals surface area contributed by atoms with Crippen LogP contribution < -0.4 is 10.5 Å². The van der Waals surface area contributed by atoms with Crippen LogP contribution in [0.1, 0.15) is 35.2 Å². The van der Waals surface area contributed by atoms with E-state index >= 15 is 0 Å². The molecular formula is C15H26N2O. The minimum absolute atomic E-state index is 0.0881. The maximum atomic E-state index is 6.16. The molecule has 1 aromatic rings. The molecule has 3 heteroatoms. The van der Waals surface area contributed by atoms with Gasteiger partial charge in [-0.05, 0) is 70.1 Å². The molecule has 0 fully saturated rings. The van der Waals surface area contributed by atoms with Crippen molar-refractivity contribution >= 4 is 0 Å². The number of rotatable bonds is 4. The number of nitrogens with two attached hydrogens (primary N) is 1. The number of methoxy groups -OCH3 is 1. The van der Waals surface area contributed by atoms with Gasteiger partial charge < -0.3 is 15.4 Å². The minimum Gasteiger partial charge on any atom is -0.496 e. The molecule has 102 valence electrons. The number of benzene rings is 1. The summed E-state index contributed by atoms with van der Waals surface area (Å²) in [7, 11) is 5.87. The summed E-state index contributed by atoms with van der Waals surface area (Å²) in [5.74, 6) is 0.955. The second-order valence-corrected chi connectivity index (χ2v) is 5.33. The van der Waals surface area contributed by atoms with Crippen LogP contribution >= 0.6 is 0 Å². The average Bonchev–Trinajstić information content (AvgIpc) is 2.27. The van der Waals surface area contributed by atoms with Gasteiger partial charge in [-0.15, -0.1) is 0 Å². The molecular weight excluding hydrogens is 224 g/mol. The van der Waals surface area contributed by atoms with Gasteiger partial charge in [0.2, 0.25) is 0 Å². The van der Waals surface area contributed by atoms with Crippen molar-refractivity contribution in [3.8, 4) is 5.75 Å². The summed E-state index contributed by atoms with van der Waals surface area (Å²) < 4.78 is 5.42. The van der Waals surface area contributed by atoms with E-state index in [4.69, 9.17) is 10.5 Å². The molecule has 0 heterocycles. The van der Waals surface area contributed by atoms with E-state index in [1.807, 2.05) is 0 Å². The summed E-state index contributed by atoms with van der Waals surface area (Å²) in [6.07, 6.45) is 0. The zero-order valence-electron chi connectivity index (χ0n) is 12.7. The molecule has 0 saturated carbocycles. The van der Waals surface area contributed by atoms with Crippen molar-refractivity contribution in [3.05, 3.63) is 28.3 Å². The van der Waals surface area contributed by atoms with E-state index in [0.717, 1.165) is 5.75 Å². The first-order valence-electron chi connectivity index (χ1n) is 6.38. The Labute approximate surface area is 111 Å². The third-order valence-corrected chi connectivity index (χ3v) is 3.68. The third kappa shape index (κ3) is 2.68. The van der Waals surface area contributed by atoms with E-state index in [1.165, 1.54) is 22.3 Å². The highest BCUT2D eigenvalue weighted by molar-refractivity contribution is 5.49. The van der Waals surface area contributed by atoms with E-state index < -0.39 is 0 Å². The molecule has 1 rings (SSSR count). The Morgan fingerprint density at radius 3 is 2.11 bits per heavy atom. The number of likely N-dealkylation sites (N-methyl/N-ethyl adjacent to an activating group) is 1. The topological polar surface area (TPSA) is 38.5 Å². The molecule has 3 nitrogen and oxygen atoms in total. The van der Waals surface area contributed by atoms with Gasteiger partial charge in [0, 0.05) is 12.1 Å². The molecule has 18 heavy (non-hydrogen) atoms. The van der Waals surface area contributed by atoms with Gasteiger partial charge in [-0.3, -0.25) is 0 Å². The van der Waals surface area contributed by atoms with Gasteiger partial charge in [-0.1, -0.05) is 0 Å². The van der Waals surface area contributed by atoms with Crippen LogP contribution in [0.25, 0.3) is 0 Å². The summed E-state index contributed by atoms with van der Waals surface area (Å²) in [6.45, 7) is 8.44. The Bertz CT molecular complexity index is 417. The SMILES string of the molecule is COc1cc(C)c(C(C(C)N)N(C)C)c(C)c1C. The van der Waals surface area contributed by atoms with Crippen LogP contribution in [0.15, 0.2) is 6.07 Å². The highest BCUT2D eigenvalue weighted by Crippen LogP contribution is 2.34. The van der Waals surface area contributed by atoms with E-state index in [2.05, 4.69) is 52.8 Å². The molecule has 2 N–H and O–H groups in total. The lowest BCUT2D eigenvalue weighted by Gasteiger charge is -2.32. The second kappa shape index (κ2) is 5.72. The first kappa shape index (κ1) is 15.0. The molecule has 0 radical (unpaired) electrons. The molecule has 1 aromatic carbocycles. The molecule has 0 amide bonds. The van der Waals surface area contributed by atoms with Crippen LogP contribution in [-0.4, -0.2) is 32.1 Å². The van der Waals surface area contributed by atoms with Crippen molar-refractivity contribution in [2.75, 3.05) is 21.2 Å². The summed E-state index contributed by atoms with van der Waals surface area (Å²) in [4.78, 5) is 2.19. The summed E-state index contributed by atoms with van der Waals surface area (Å²) in [6, 6.07) is 2.43. The van der Waals surface area contributed by atoms with E-state index in [9.17, 15) is 0 Å². The highest BCUT2D eigenvalue weighted by Gasteiger charge is 2.24. The number of aryl methyl sites for hydroxylation is 1. The predicted octanol–water partition coefficient (Wildman–Crippen LogP) is 2.57. The molecule has 0 spiro atoms. The van der Waals surface area contributed by atoms with E-state index in [0.29, 0.717) is 0 Å². The summed E-state index contributed by atoms with van der Waals surface area (Å²) in [5, 5.41) is 0. The van der Waals surface area contributed by atoms with Gasteiger partial charge in [-0.25, -0.2) is 0 Å². The van der Waals surface area contributed by atoms with E-state index in [-0.39, 0.29) is 12.1 Å². The van der Waals surface area contributed by atoms with Crippen molar-refractivity contribution in [2.24, 2.45) is 5.73 Å². The number of ether oxygens (including phenoxy) is 1. The normalized spacial score (nSPS) is 14.7. The number of nitrogens with zero attached hydrogens (tertiary/aromatic N) is 1. The van der Waals surface area contributed by atoms with Crippen molar-refractivity contribution in [2.45, 2.75) is 39.8 Å². The van der Waals surface area contributed by atoms with Gasteiger partial charge >= 0.3 is 0 Å².